The molecule has 3 rings (SSSR count). The molecule has 1 aromatic carbocycles. The van der Waals surface area contributed by atoms with Crippen molar-refractivity contribution in [1.29, 1.82) is 0 Å². The number of anilines is 2. The van der Waals surface area contributed by atoms with Crippen LogP contribution in [0.1, 0.15) is 24.5 Å². The molecule has 0 radical (unpaired) electrons. The molecule has 0 spiro atoms. The molecule has 0 aliphatic carbocycles. The molecule has 2 N–H and O–H groups in total. The fourth-order valence-electron chi connectivity index (χ4n) is 3.19. The maximum Gasteiger partial charge on any atom is 0.171 e. The number of nitrogens with zero attached hydrogens (tertiary/aromatic N) is 2. The summed E-state index contributed by atoms with van der Waals surface area (Å²) < 4.78 is 0. The van der Waals surface area contributed by atoms with E-state index in [-0.39, 0.29) is 0 Å². The van der Waals surface area contributed by atoms with Crippen molar-refractivity contribution >= 4 is 28.8 Å². The lowest BCUT2D eigenvalue weighted by molar-refractivity contribution is 0.641. The van der Waals surface area contributed by atoms with E-state index >= 15 is 0 Å². The van der Waals surface area contributed by atoms with Crippen molar-refractivity contribution in [2.45, 2.75) is 32.7 Å². The van der Waals surface area contributed by atoms with E-state index in [2.05, 4.69) is 51.7 Å². The van der Waals surface area contributed by atoms with Gasteiger partial charge in [0.05, 0.1) is 0 Å². The number of aryl methyl sites for hydroxylation is 1. The molecule has 0 fully saturated rings. The lowest BCUT2D eigenvalue weighted by atomic mass is 10.1. The largest absolute Gasteiger partial charge is 0.368 e. The normalized spacial score (nSPS) is 15.9. The highest BCUT2D eigenvalue weighted by molar-refractivity contribution is 7.80. The summed E-state index contributed by atoms with van der Waals surface area (Å²) >= 11 is 5.34. The second-order valence-electron chi connectivity index (χ2n) is 6.33. The predicted molar refractivity (Wildman–Crippen MR) is 105 cm³/mol. The zero-order valence-corrected chi connectivity index (χ0v) is 15.1. The fraction of sp³-hybridized carbons (Fsp3) is 0.368. The number of benzene rings is 1. The summed E-state index contributed by atoms with van der Waals surface area (Å²) in [7, 11) is 0. The van der Waals surface area contributed by atoms with Gasteiger partial charge in [0.1, 0.15) is 5.82 Å². The summed E-state index contributed by atoms with van der Waals surface area (Å²) in [6, 6.07) is 13.2. The summed E-state index contributed by atoms with van der Waals surface area (Å²) in [6.07, 6.45) is 3.97. The average molecular weight is 340 g/mol. The van der Waals surface area contributed by atoms with Gasteiger partial charge >= 0.3 is 0 Å². The minimum atomic E-state index is 0.573. The van der Waals surface area contributed by atoms with Gasteiger partial charge in [-0.2, -0.15) is 0 Å². The number of rotatable bonds is 5. The average Bonchev–Trinajstić information content (AvgIpc) is 2.87. The number of hydrogen-bond donors (Lipinski definition) is 2. The van der Waals surface area contributed by atoms with Crippen molar-refractivity contribution in [2.75, 3.05) is 23.3 Å². The molecule has 24 heavy (non-hydrogen) atoms. The van der Waals surface area contributed by atoms with Gasteiger partial charge in [0, 0.05) is 31.0 Å². The van der Waals surface area contributed by atoms with Crippen LogP contribution in [0, 0.1) is 6.92 Å². The smallest absolute Gasteiger partial charge is 0.171 e. The van der Waals surface area contributed by atoms with Crippen molar-refractivity contribution in [3.8, 4) is 0 Å². The van der Waals surface area contributed by atoms with Crippen LogP contribution in [0.25, 0.3) is 0 Å². The van der Waals surface area contributed by atoms with Crippen LogP contribution in [0.15, 0.2) is 42.6 Å². The molecule has 2 heterocycles. The number of nitrogens with one attached hydrogen (secondary N) is 2. The Morgan fingerprint density at radius 3 is 3.00 bits per heavy atom. The number of aromatic nitrogens is 1. The summed E-state index contributed by atoms with van der Waals surface area (Å²) in [4.78, 5) is 6.75. The molecule has 0 saturated heterocycles. The Bertz CT molecular complexity index is 716. The second-order valence-corrected chi connectivity index (χ2v) is 6.74. The second kappa shape index (κ2) is 7.62. The van der Waals surface area contributed by atoms with Gasteiger partial charge in [-0.1, -0.05) is 18.2 Å². The van der Waals surface area contributed by atoms with Crippen molar-refractivity contribution in [2.24, 2.45) is 0 Å². The van der Waals surface area contributed by atoms with Crippen LogP contribution in [0.4, 0.5) is 11.5 Å². The Labute approximate surface area is 149 Å². The molecule has 0 saturated carbocycles. The zero-order chi connectivity index (χ0) is 16.9. The Kier molecular flexibility index (Phi) is 5.30. The van der Waals surface area contributed by atoms with Gasteiger partial charge in [-0.15, -0.1) is 0 Å². The summed E-state index contributed by atoms with van der Waals surface area (Å²) in [5.74, 6) is 0.787. The van der Waals surface area contributed by atoms with Crippen LogP contribution in [0.5, 0.6) is 0 Å². The SMILES string of the molecule is Cc1ccnc(NC(=S)NCCCN2c3ccccc3C[C@H]2C)c1. The van der Waals surface area contributed by atoms with Gasteiger partial charge in [0.2, 0.25) is 0 Å². The van der Waals surface area contributed by atoms with E-state index in [1.54, 1.807) is 6.20 Å². The monoisotopic (exact) mass is 340 g/mol. The fourth-order valence-corrected chi connectivity index (χ4v) is 3.39. The van der Waals surface area contributed by atoms with E-state index in [0.29, 0.717) is 11.2 Å². The van der Waals surface area contributed by atoms with Crippen LogP contribution in [-0.4, -0.2) is 29.2 Å². The van der Waals surface area contributed by atoms with Crippen molar-refractivity contribution in [1.82, 2.24) is 10.3 Å². The van der Waals surface area contributed by atoms with Crippen LogP contribution in [0.3, 0.4) is 0 Å². The lowest BCUT2D eigenvalue weighted by Crippen LogP contribution is -2.34. The van der Waals surface area contributed by atoms with E-state index in [0.717, 1.165) is 37.3 Å². The molecule has 0 unspecified atom stereocenters. The first kappa shape index (κ1) is 16.7. The highest BCUT2D eigenvalue weighted by atomic mass is 32.1. The maximum absolute atomic E-state index is 5.34. The molecule has 2 aromatic rings. The third-order valence-corrected chi connectivity index (χ3v) is 4.61. The number of fused-ring (bicyclic) bond motifs is 1. The molecule has 1 aromatic heterocycles. The van der Waals surface area contributed by atoms with Crippen molar-refractivity contribution in [3.63, 3.8) is 0 Å². The Hall–Kier alpha value is -2.14. The van der Waals surface area contributed by atoms with E-state index < -0.39 is 0 Å². The molecule has 1 aliphatic rings. The van der Waals surface area contributed by atoms with E-state index in [1.165, 1.54) is 11.3 Å². The van der Waals surface area contributed by atoms with Crippen LogP contribution >= 0.6 is 12.2 Å². The van der Waals surface area contributed by atoms with Gasteiger partial charge in [-0.3, -0.25) is 0 Å². The topological polar surface area (TPSA) is 40.2 Å². The van der Waals surface area contributed by atoms with Gasteiger partial charge in [-0.05, 0) is 68.2 Å². The van der Waals surface area contributed by atoms with Gasteiger partial charge < -0.3 is 15.5 Å². The highest BCUT2D eigenvalue weighted by Crippen LogP contribution is 2.31. The van der Waals surface area contributed by atoms with E-state index in [9.17, 15) is 0 Å². The summed E-state index contributed by atoms with van der Waals surface area (Å²) in [5, 5.41) is 7.03. The first-order valence-corrected chi connectivity index (χ1v) is 8.86. The van der Waals surface area contributed by atoms with Crippen molar-refractivity contribution < 1.29 is 0 Å². The molecule has 0 bridgehead atoms. The van der Waals surface area contributed by atoms with E-state index in [1.807, 2.05) is 19.1 Å². The Balaban J connectivity index is 1.43. The minimum absolute atomic E-state index is 0.573. The Morgan fingerprint density at radius 2 is 2.17 bits per heavy atom. The van der Waals surface area contributed by atoms with Gasteiger partial charge in [-0.25, -0.2) is 4.98 Å². The summed E-state index contributed by atoms with van der Waals surface area (Å²) in [6.45, 7) is 6.22. The van der Waals surface area contributed by atoms with Crippen LogP contribution in [-0.2, 0) is 6.42 Å². The third-order valence-electron chi connectivity index (χ3n) is 4.37. The molecule has 1 aliphatic heterocycles. The lowest BCUT2D eigenvalue weighted by Gasteiger charge is -2.25. The Morgan fingerprint density at radius 1 is 1.33 bits per heavy atom. The van der Waals surface area contributed by atoms with Crippen LogP contribution in [0.2, 0.25) is 0 Å². The first-order valence-electron chi connectivity index (χ1n) is 8.45. The number of pyridine rings is 1. The molecular formula is C19H24N4S. The molecule has 5 heteroatoms. The quantitative estimate of drug-likeness (QED) is 0.644. The molecule has 0 amide bonds. The molecule has 1 atom stereocenters. The van der Waals surface area contributed by atoms with Gasteiger partial charge in [0.25, 0.3) is 0 Å². The predicted octanol–water partition coefficient (Wildman–Crippen LogP) is 3.52. The highest BCUT2D eigenvalue weighted by Gasteiger charge is 2.24. The minimum Gasteiger partial charge on any atom is -0.368 e. The maximum atomic E-state index is 5.34. The zero-order valence-electron chi connectivity index (χ0n) is 14.2. The third kappa shape index (κ3) is 4.03. The van der Waals surface area contributed by atoms with E-state index in [4.69, 9.17) is 12.2 Å². The molecule has 126 valence electrons. The number of para-hydroxylation sites is 1. The standard InChI is InChI=1S/C19H24N4S/c1-14-8-10-20-18(12-14)22-19(24)21-9-5-11-23-15(2)13-16-6-3-4-7-17(16)23/h3-4,6-8,10,12,15H,5,9,11,13H2,1-2H3,(H2,20,21,22,24)/t15-/m1/s1. The van der Waals surface area contributed by atoms with Gasteiger partial charge in [0.15, 0.2) is 5.11 Å². The van der Waals surface area contributed by atoms with Crippen LogP contribution < -0.4 is 15.5 Å². The summed E-state index contributed by atoms with van der Waals surface area (Å²) in [5.41, 5.74) is 4.01. The first-order chi connectivity index (χ1) is 11.6. The molecule has 4 nitrogen and oxygen atoms in total. The number of thiocarbonyl (C=S) groups is 1. The van der Waals surface area contributed by atoms with Crippen molar-refractivity contribution in [3.05, 3.63) is 53.7 Å². The molecular weight excluding hydrogens is 316 g/mol. The number of hydrogen-bond acceptors (Lipinski definition) is 3.